The van der Waals surface area contributed by atoms with Crippen molar-refractivity contribution in [3.63, 3.8) is 0 Å². The molecule has 10 nitrogen and oxygen atoms in total. The molecule has 6 heterocycles. The molecule has 0 radical (unpaired) electrons. The highest BCUT2D eigenvalue weighted by atomic mass is 35.5. The second-order valence-corrected chi connectivity index (χ2v) is 16.6. The van der Waals surface area contributed by atoms with Crippen LogP contribution in [0, 0.1) is 11.2 Å². The molecule has 2 amide bonds. The van der Waals surface area contributed by atoms with E-state index in [0.29, 0.717) is 63.3 Å². The van der Waals surface area contributed by atoms with Crippen molar-refractivity contribution in [2.24, 2.45) is 5.41 Å². The van der Waals surface area contributed by atoms with Gasteiger partial charge in [-0.15, -0.1) is 0 Å². The minimum Gasteiger partial charge on any atom is -0.481 e. The van der Waals surface area contributed by atoms with Gasteiger partial charge in [0.25, 0.3) is 0 Å². The first-order chi connectivity index (χ1) is 26.2. The van der Waals surface area contributed by atoms with Crippen LogP contribution in [-0.4, -0.2) is 84.1 Å². The van der Waals surface area contributed by atoms with Crippen LogP contribution in [0.25, 0.3) is 33.6 Å². The number of rotatable bonds is 7. The molecule has 4 aromatic rings. The molecule has 2 aromatic heterocycles. The second kappa shape index (κ2) is 12.5. The van der Waals surface area contributed by atoms with Crippen LogP contribution in [0.3, 0.4) is 0 Å². The molecule has 10 rings (SSSR count). The van der Waals surface area contributed by atoms with Gasteiger partial charge < -0.3 is 20.1 Å². The van der Waals surface area contributed by atoms with Crippen LogP contribution in [0.1, 0.15) is 66.4 Å². The molecule has 278 valence electrons. The Hall–Kier alpha value is -4.58. The predicted octanol–water partition coefficient (Wildman–Crippen LogP) is 6.05. The van der Waals surface area contributed by atoms with Crippen molar-refractivity contribution in [1.29, 1.82) is 0 Å². The highest BCUT2D eigenvalue weighted by molar-refractivity contribution is 6.36. The fourth-order valence-corrected chi connectivity index (χ4v) is 10.7. The fourth-order valence-electron chi connectivity index (χ4n) is 10.3. The largest absolute Gasteiger partial charge is 0.481 e. The molecule has 4 saturated heterocycles. The first-order valence-electron chi connectivity index (χ1n) is 19.0. The molecule has 4 aliphatic heterocycles. The average molecular weight is 749 g/mol. The van der Waals surface area contributed by atoms with Crippen molar-refractivity contribution in [3.8, 4) is 45.4 Å². The van der Waals surface area contributed by atoms with E-state index in [1.807, 2.05) is 30.3 Å². The number of carbonyl (C=O) groups excluding carboxylic acids is 2. The third-order valence-electron chi connectivity index (χ3n) is 12.9. The van der Waals surface area contributed by atoms with E-state index in [1.54, 1.807) is 26.4 Å². The smallest absolute Gasteiger partial charge is 0.220 e. The summed E-state index contributed by atoms with van der Waals surface area (Å²) in [6, 6.07) is 15.4. The van der Waals surface area contributed by atoms with Crippen LogP contribution in [0.5, 0.6) is 11.8 Å². The maximum absolute atomic E-state index is 16.8. The maximum Gasteiger partial charge on any atom is 0.220 e. The number of hydrogen-bond acceptors (Lipinski definition) is 8. The van der Waals surface area contributed by atoms with Crippen LogP contribution in [0.4, 0.5) is 4.39 Å². The van der Waals surface area contributed by atoms with Crippen LogP contribution < -0.4 is 20.1 Å². The minimum absolute atomic E-state index is 0.0311. The van der Waals surface area contributed by atoms with Crippen LogP contribution >= 0.6 is 11.6 Å². The summed E-state index contributed by atoms with van der Waals surface area (Å²) in [6.45, 7) is 4.14. The number of likely N-dealkylation sites (tertiary alicyclic amines) is 2. The molecule has 2 aromatic carbocycles. The van der Waals surface area contributed by atoms with Gasteiger partial charge in [-0.2, -0.15) is 0 Å². The van der Waals surface area contributed by atoms with Gasteiger partial charge in [0.1, 0.15) is 5.82 Å². The molecule has 2 atom stereocenters. The zero-order valence-corrected chi connectivity index (χ0v) is 31.2. The highest BCUT2D eigenvalue weighted by Gasteiger charge is 2.52. The average Bonchev–Trinajstić information content (AvgIpc) is 3.95. The summed E-state index contributed by atoms with van der Waals surface area (Å²) >= 11 is 7.18. The quantitative estimate of drug-likeness (QED) is 0.236. The van der Waals surface area contributed by atoms with E-state index < -0.39 is 5.82 Å². The van der Waals surface area contributed by atoms with Gasteiger partial charge >= 0.3 is 0 Å². The first kappa shape index (κ1) is 33.9. The van der Waals surface area contributed by atoms with Crippen LogP contribution in [0.15, 0.2) is 48.5 Å². The van der Waals surface area contributed by atoms with E-state index in [9.17, 15) is 9.59 Å². The Morgan fingerprint density at radius 2 is 1.35 bits per heavy atom. The molecule has 54 heavy (non-hydrogen) atoms. The summed E-state index contributed by atoms with van der Waals surface area (Å²) in [5.74, 6) is 0.971. The molecule has 0 saturated carbocycles. The van der Waals surface area contributed by atoms with Crippen LogP contribution in [0.2, 0.25) is 5.02 Å². The maximum atomic E-state index is 16.8. The molecule has 2 N–H and O–H groups in total. The lowest BCUT2D eigenvalue weighted by atomic mass is 9.77. The number of aryl methyl sites for hydroxylation is 2. The molecule has 4 fully saturated rings. The van der Waals surface area contributed by atoms with E-state index in [-0.39, 0.29) is 34.9 Å². The van der Waals surface area contributed by atoms with Gasteiger partial charge in [-0.25, -0.2) is 14.4 Å². The minimum atomic E-state index is -0.406. The standard InChI is InChI=1S/C42H42ClFN6O4/c1-53-39-36-23(10-12-32(36)50-21-42(22-50)14-13-33(51)48-42)15-29(46-39)27-7-3-5-25(37(27)43)26-6-4-8-28(38(26)44)30-16-24-9-11-31(35(24)40(47-30)54-2)49-19-41(20-49)17-34(52)45-18-41/h3-8,15-16,31-32H,9-14,17-22H2,1-2H3,(H,45,52)(H,48,51)/t31-,32-/m1/s1. The number of amides is 2. The zero-order chi connectivity index (χ0) is 36.9. The van der Waals surface area contributed by atoms with E-state index in [2.05, 4.69) is 26.5 Å². The molecule has 2 spiro atoms. The molecular formula is C42H42ClFN6O4. The summed E-state index contributed by atoms with van der Waals surface area (Å²) < 4.78 is 28.5. The zero-order valence-electron chi connectivity index (χ0n) is 30.4. The van der Waals surface area contributed by atoms with Crippen molar-refractivity contribution in [1.82, 2.24) is 30.4 Å². The van der Waals surface area contributed by atoms with E-state index in [4.69, 9.17) is 31.0 Å². The normalized spacial score (nSPS) is 23.6. The van der Waals surface area contributed by atoms with Crippen molar-refractivity contribution in [3.05, 3.63) is 81.6 Å². The predicted molar refractivity (Wildman–Crippen MR) is 202 cm³/mol. The van der Waals surface area contributed by atoms with Crippen molar-refractivity contribution < 1.29 is 23.5 Å². The molecule has 0 bridgehead atoms. The number of nitrogens with one attached hydrogen (secondary N) is 2. The topological polar surface area (TPSA) is 109 Å². The number of aromatic nitrogens is 2. The Kier molecular flexibility index (Phi) is 7.84. The Morgan fingerprint density at radius 1 is 0.778 bits per heavy atom. The molecule has 12 heteroatoms. The lowest BCUT2D eigenvalue weighted by molar-refractivity contribution is -0.121. The summed E-state index contributed by atoms with van der Waals surface area (Å²) in [7, 11) is 3.27. The number of halogens is 2. The number of methoxy groups -OCH3 is 2. The van der Waals surface area contributed by atoms with E-state index in [0.717, 1.165) is 81.5 Å². The number of hydrogen-bond donors (Lipinski definition) is 2. The summed E-state index contributed by atoms with van der Waals surface area (Å²) in [5.41, 5.74) is 7.63. The number of nitrogens with zero attached hydrogens (tertiary/aromatic N) is 4. The van der Waals surface area contributed by atoms with Gasteiger partial charge in [0.05, 0.1) is 36.2 Å². The SMILES string of the molecule is COc1nc(-c2cccc(-c3cccc(-c4cc5c(c(OC)n4)[C@H](N4CC6(CCC(=O)N6)C4)CC5)c3Cl)c2F)cc2c1[C@H](N1CC3(CNC(=O)C3)C1)CC2. The van der Waals surface area contributed by atoms with Gasteiger partial charge in [0.15, 0.2) is 0 Å². The second-order valence-electron chi connectivity index (χ2n) is 16.2. The van der Waals surface area contributed by atoms with Crippen molar-refractivity contribution in [2.75, 3.05) is 46.9 Å². The third kappa shape index (κ3) is 5.26. The summed E-state index contributed by atoms with van der Waals surface area (Å²) in [4.78, 5) is 38.5. The Labute approximate surface area is 318 Å². The molecular weight excluding hydrogens is 707 g/mol. The number of carbonyl (C=O) groups is 2. The van der Waals surface area contributed by atoms with Crippen molar-refractivity contribution >= 4 is 23.4 Å². The van der Waals surface area contributed by atoms with Gasteiger partial charge in [-0.3, -0.25) is 19.4 Å². The number of pyridine rings is 2. The summed E-state index contributed by atoms with van der Waals surface area (Å²) in [6.07, 6.45) is 5.68. The van der Waals surface area contributed by atoms with E-state index in [1.165, 1.54) is 5.56 Å². The molecule has 6 aliphatic rings. The molecule has 0 unspecified atom stereocenters. The van der Waals surface area contributed by atoms with Crippen LogP contribution in [-0.2, 0) is 22.4 Å². The Bertz CT molecular complexity index is 2100. The lowest BCUT2D eigenvalue weighted by Crippen LogP contribution is -2.67. The summed E-state index contributed by atoms with van der Waals surface area (Å²) in [5, 5.41) is 6.59. The highest BCUT2D eigenvalue weighted by Crippen LogP contribution is 2.50. The first-order valence-corrected chi connectivity index (χ1v) is 19.3. The lowest BCUT2D eigenvalue weighted by Gasteiger charge is -2.50. The molecule has 2 aliphatic carbocycles. The fraction of sp³-hybridized carbons (Fsp3) is 0.429. The third-order valence-corrected chi connectivity index (χ3v) is 13.3. The van der Waals surface area contributed by atoms with Gasteiger partial charge in [0.2, 0.25) is 23.6 Å². The number of ether oxygens (including phenoxy) is 2. The van der Waals surface area contributed by atoms with Gasteiger partial charge in [-0.05, 0) is 61.4 Å². The Balaban J connectivity index is 0.937. The van der Waals surface area contributed by atoms with Gasteiger partial charge in [0, 0.05) is 96.4 Å². The monoisotopic (exact) mass is 748 g/mol. The number of benzene rings is 2. The van der Waals surface area contributed by atoms with Crippen molar-refractivity contribution in [2.45, 2.75) is 62.6 Å². The Morgan fingerprint density at radius 3 is 1.93 bits per heavy atom. The number of fused-ring (bicyclic) bond motifs is 2. The van der Waals surface area contributed by atoms with E-state index >= 15 is 4.39 Å². The van der Waals surface area contributed by atoms with Gasteiger partial charge in [-0.1, -0.05) is 41.9 Å².